The van der Waals surface area contributed by atoms with Gasteiger partial charge in [0.05, 0.1) is 6.54 Å². The van der Waals surface area contributed by atoms with Gasteiger partial charge in [-0.05, 0) is 76.4 Å². The Kier molecular flexibility index (Phi) is 9.96. The van der Waals surface area contributed by atoms with E-state index in [4.69, 9.17) is 4.99 Å². The van der Waals surface area contributed by atoms with E-state index in [1.165, 1.54) is 38.8 Å². The Balaban J connectivity index is 1.44. The average molecular weight is 429 g/mol. The number of guanidine groups is 1. The van der Waals surface area contributed by atoms with Crippen LogP contribution in [0.15, 0.2) is 29.3 Å². The first-order chi connectivity index (χ1) is 15.2. The quantitative estimate of drug-likeness (QED) is 0.336. The highest BCUT2D eigenvalue weighted by Crippen LogP contribution is 2.15. The number of nitrogens with zero attached hydrogens (tertiary/aromatic N) is 3. The Hall–Kier alpha value is -2.28. The van der Waals surface area contributed by atoms with Crippen LogP contribution < -0.4 is 16.0 Å². The second-order valence-corrected chi connectivity index (χ2v) is 8.56. The van der Waals surface area contributed by atoms with E-state index in [1.54, 1.807) is 0 Å². The van der Waals surface area contributed by atoms with Gasteiger partial charge in [0.25, 0.3) is 0 Å². The first kappa shape index (κ1) is 23.4. The summed E-state index contributed by atoms with van der Waals surface area (Å²) in [4.78, 5) is 21.5. The largest absolute Gasteiger partial charge is 0.357 e. The number of urea groups is 1. The van der Waals surface area contributed by atoms with Crippen LogP contribution in [-0.4, -0.2) is 67.6 Å². The molecule has 0 saturated carbocycles. The monoisotopic (exact) mass is 428 g/mol. The molecule has 1 aromatic carbocycles. The van der Waals surface area contributed by atoms with Crippen LogP contribution in [-0.2, 0) is 6.54 Å². The van der Waals surface area contributed by atoms with Crippen LogP contribution in [0.2, 0.25) is 0 Å². The van der Waals surface area contributed by atoms with Gasteiger partial charge in [0.15, 0.2) is 5.96 Å². The predicted molar refractivity (Wildman–Crippen MR) is 129 cm³/mol. The molecular formula is C24H40N6O. The van der Waals surface area contributed by atoms with Gasteiger partial charge in [0, 0.05) is 31.9 Å². The van der Waals surface area contributed by atoms with E-state index in [9.17, 15) is 4.79 Å². The molecule has 2 aliphatic heterocycles. The summed E-state index contributed by atoms with van der Waals surface area (Å²) in [5.74, 6) is 0.852. The lowest BCUT2D eigenvalue weighted by Crippen LogP contribution is -2.39. The minimum Gasteiger partial charge on any atom is -0.357 e. The van der Waals surface area contributed by atoms with Crippen molar-refractivity contribution in [3.8, 4) is 0 Å². The fourth-order valence-corrected chi connectivity index (χ4v) is 4.25. The topological polar surface area (TPSA) is 72.0 Å². The first-order valence-corrected chi connectivity index (χ1v) is 12.1. The zero-order valence-electron chi connectivity index (χ0n) is 19.2. The summed E-state index contributed by atoms with van der Waals surface area (Å²) in [6.07, 6.45) is 8.78. The number of rotatable bonds is 8. The smallest absolute Gasteiger partial charge is 0.321 e. The van der Waals surface area contributed by atoms with Gasteiger partial charge < -0.3 is 25.8 Å². The second-order valence-electron chi connectivity index (χ2n) is 8.56. The van der Waals surface area contributed by atoms with Gasteiger partial charge in [-0.3, -0.25) is 0 Å². The Bertz CT molecular complexity index is 693. The van der Waals surface area contributed by atoms with Crippen molar-refractivity contribution in [2.45, 2.75) is 58.4 Å². The molecule has 172 valence electrons. The molecule has 2 fully saturated rings. The number of hydrogen-bond donors (Lipinski definition) is 3. The van der Waals surface area contributed by atoms with Crippen LogP contribution in [0.3, 0.4) is 0 Å². The molecule has 3 rings (SSSR count). The molecule has 7 nitrogen and oxygen atoms in total. The third-order valence-electron chi connectivity index (χ3n) is 5.98. The molecular weight excluding hydrogens is 388 g/mol. The van der Waals surface area contributed by atoms with Crippen molar-refractivity contribution in [2.24, 2.45) is 4.99 Å². The van der Waals surface area contributed by atoms with Crippen molar-refractivity contribution in [1.29, 1.82) is 0 Å². The Morgan fingerprint density at radius 2 is 1.74 bits per heavy atom. The lowest BCUT2D eigenvalue weighted by Gasteiger charge is -2.20. The van der Waals surface area contributed by atoms with E-state index in [0.717, 1.165) is 69.2 Å². The summed E-state index contributed by atoms with van der Waals surface area (Å²) >= 11 is 0. The zero-order valence-corrected chi connectivity index (χ0v) is 19.2. The number of nitrogens with one attached hydrogen (secondary N) is 3. The summed E-state index contributed by atoms with van der Waals surface area (Å²) in [6.45, 7) is 9.79. The predicted octanol–water partition coefficient (Wildman–Crippen LogP) is 3.64. The van der Waals surface area contributed by atoms with Gasteiger partial charge in [0.2, 0.25) is 0 Å². The van der Waals surface area contributed by atoms with Gasteiger partial charge in [-0.25, -0.2) is 9.79 Å². The number of likely N-dealkylation sites (tertiary alicyclic amines) is 2. The zero-order chi connectivity index (χ0) is 21.7. The van der Waals surface area contributed by atoms with Crippen LogP contribution in [0, 0.1) is 0 Å². The molecule has 0 aliphatic carbocycles. The third-order valence-corrected chi connectivity index (χ3v) is 5.98. The van der Waals surface area contributed by atoms with Crippen molar-refractivity contribution in [2.75, 3.05) is 51.1 Å². The second kappa shape index (κ2) is 13.2. The molecule has 0 spiro atoms. The van der Waals surface area contributed by atoms with Gasteiger partial charge in [0.1, 0.15) is 0 Å². The molecule has 2 aliphatic rings. The number of benzene rings is 1. The molecule has 0 bridgehead atoms. The van der Waals surface area contributed by atoms with Crippen LogP contribution in [0.1, 0.15) is 57.4 Å². The van der Waals surface area contributed by atoms with Crippen LogP contribution in [0.4, 0.5) is 10.5 Å². The molecule has 0 aromatic heterocycles. The number of amides is 2. The number of carbonyl (C=O) groups is 1. The molecule has 2 saturated heterocycles. The third kappa shape index (κ3) is 8.40. The van der Waals surface area contributed by atoms with E-state index >= 15 is 0 Å². The minimum absolute atomic E-state index is 0.00225. The Labute approximate surface area is 187 Å². The number of aliphatic imine (C=N–C) groups is 1. The lowest BCUT2D eigenvalue weighted by atomic mass is 10.2. The average Bonchev–Trinajstić information content (AvgIpc) is 3.20. The van der Waals surface area contributed by atoms with Crippen molar-refractivity contribution in [1.82, 2.24) is 20.4 Å². The molecule has 7 heteroatoms. The molecule has 31 heavy (non-hydrogen) atoms. The van der Waals surface area contributed by atoms with Crippen LogP contribution in [0.25, 0.3) is 0 Å². The van der Waals surface area contributed by atoms with Crippen molar-refractivity contribution in [3.05, 3.63) is 29.8 Å². The Morgan fingerprint density at radius 3 is 2.48 bits per heavy atom. The highest BCUT2D eigenvalue weighted by atomic mass is 16.2. The van der Waals surface area contributed by atoms with E-state index < -0.39 is 0 Å². The Morgan fingerprint density at radius 1 is 1.00 bits per heavy atom. The summed E-state index contributed by atoms with van der Waals surface area (Å²) in [5, 5.41) is 9.82. The molecule has 2 heterocycles. The van der Waals surface area contributed by atoms with Gasteiger partial charge in [-0.1, -0.05) is 25.0 Å². The van der Waals surface area contributed by atoms with E-state index in [-0.39, 0.29) is 6.03 Å². The van der Waals surface area contributed by atoms with Gasteiger partial charge >= 0.3 is 6.03 Å². The maximum atomic E-state index is 12.3. The fraction of sp³-hybridized carbons (Fsp3) is 0.667. The first-order valence-electron chi connectivity index (χ1n) is 12.1. The lowest BCUT2D eigenvalue weighted by molar-refractivity contribution is 0.222. The van der Waals surface area contributed by atoms with Crippen LogP contribution >= 0.6 is 0 Å². The summed E-state index contributed by atoms with van der Waals surface area (Å²) in [5.41, 5.74) is 1.92. The SMILES string of the molecule is CCNC(=NCc1cccc(NC(=O)N2CCCC2)c1)NCCCN1CCCCCC1. The van der Waals surface area contributed by atoms with Gasteiger partial charge in [-0.2, -0.15) is 0 Å². The summed E-state index contributed by atoms with van der Waals surface area (Å²) in [6, 6.07) is 7.98. The molecule has 0 radical (unpaired) electrons. The summed E-state index contributed by atoms with van der Waals surface area (Å²) in [7, 11) is 0. The normalized spacial score (nSPS) is 18.0. The number of carbonyl (C=O) groups excluding carboxylic acids is 1. The van der Waals surface area contributed by atoms with Crippen LogP contribution in [0.5, 0.6) is 0 Å². The minimum atomic E-state index is -0.00225. The maximum absolute atomic E-state index is 12.3. The standard InChI is InChI=1S/C24H40N6O/c1-2-25-23(26-13-10-16-29-14-5-3-4-6-15-29)27-20-21-11-9-12-22(19-21)28-24(31)30-17-7-8-18-30/h9,11-12,19H,2-8,10,13-18,20H2,1H3,(H,28,31)(H2,25,26,27). The highest BCUT2D eigenvalue weighted by Gasteiger charge is 2.17. The molecule has 3 N–H and O–H groups in total. The van der Waals surface area contributed by atoms with E-state index in [0.29, 0.717) is 6.54 Å². The molecule has 0 unspecified atom stereocenters. The highest BCUT2D eigenvalue weighted by molar-refractivity contribution is 5.89. The molecule has 1 aromatic rings. The van der Waals surface area contributed by atoms with Crippen molar-refractivity contribution < 1.29 is 4.79 Å². The van der Waals surface area contributed by atoms with Gasteiger partial charge in [-0.15, -0.1) is 0 Å². The van der Waals surface area contributed by atoms with Crippen molar-refractivity contribution >= 4 is 17.7 Å². The summed E-state index contributed by atoms with van der Waals surface area (Å²) < 4.78 is 0. The maximum Gasteiger partial charge on any atom is 0.321 e. The molecule has 2 amide bonds. The number of hydrogen-bond acceptors (Lipinski definition) is 3. The fourth-order valence-electron chi connectivity index (χ4n) is 4.25. The van der Waals surface area contributed by atoms with E-state index in [1.807, 2.05) is 23.1 Å². The van der Waals surface area contributed by atoms with Crippen molar-refractivity contribution in [3.63, 3.8) is 0 Å². The number of anilines is 1. The van der Waals surface area contributed by atoms with E-state index in [2.05, 4.69) is 33.8 Å². The molecule has 0 atom stereocenters.